The van der Waals surface area contributed by atoms with Crippen LogP contribution in [0.25, 0.3) is 22.9 Å². The van der Waals surface area contributed by atoms with E-state index in [-0.39, 0.29) is 0 Å². The Kier molecular flexibility index (Phi) is 4.18. The molecule has 0 spiro atoms. The first-order valence-corrected chi connectivity index (χ1v) is 8.09. The lowest BCUT2D eigenvalue weighted by molar-refractivity contribution is 0.557. The van der Waals surface area contributed by atoms with Crippen LogP contribution in [-0.2, 0) is 0 Å². The largest absolute Gasteiger partial charge is 0.465 e. The summed E-state index contributed by atoms with van der Waals surface area (Å²) in [5.41, 5.74) is 2.44. The Morgan fingerprint density at radius 2 is 2.10 bits per heavy atom. The second kappa shape index (κ2) is 6.24. The van der Waals surface area contributed by atoms with Crippen LogP contribution in [0.4, 0.5) is 0 Å². The van der Waals surface area contributed by atoms with E-state index in [4.69, 9.17) is 4.42 Å². The summed E-state index contributed by atoms with van der Waals surface area (Å²) < 4.78 is 6.42. The second-order valence-electron chi connectivity index (χ2n) is 4.23. The first kappa shape index (κ1) is 14.0. The maximum Gasteiger partial charge on any atom is 0.134 e. The monoisotopic (exact) mass is 404 g/mol. The molecule has 102 valence electrons. The molecule has 3 nitrogen and oxygen atoms in total. The number of aromatic nitrogens is 1. The summed E-state index contributed by atoms with van der Waals surface area (Å²) >= 11 is 3.73. The molecule has 0 amide bonds. The zero-order valence-electron chi connectivity index (χ0n) is 10.8. The van der Waals surface area contributed by atoms with Gasteiger partial charge >= 0.3 is 0 Å². The van der Waals surface area contributed by atoms with Crippen LogP contribution in [0.5, 0.6) is 0 Å². The van der Waals surface area contributed by atoms with E-state index in [1.807, 2.05) is 35.7 Å². The summed E-state index contributed by atoms with van der Waals surface area (Å²) in [5.74, 6) is 0.651. The average molecular weight is 404 g/mol. The quantitative estimate of drug-likeness (QED) is 0.452. The van der Waals surface area contributed by atoms with E-state index >= 15 is 0 Å². The van der Waals surface area contributed by atoms with Crippen molar-refractivity contribution >= 4 is 45.6 Å². The molecule has 3 aromatic rings. The smallest absolute Gasteiger partial charge is 0.134 e. The van der Waals surface area contributed by atoms with E-state index < -0.39 is 0 Å². The third kappa shape index (κ3) is 3.23. The van der Waals surface area contributed by atoms with Crippen LogP contribution >= 0.6 is 33.9 Å². The summed E-state index contributed by atoms with van der Waals surface area (Å²) in [6, 6.07) is 13.9. The van der Waals surface area contributed by atoms with Crippen LogP contribution < -0.4 is 0 Å². The van der Waals surface area contributed by atoms with E-state index in [1.165, 1.54) is 14.9 Å². The maximum atomic E-state index is 9.30. The first-order chi connectivity index (χ1) is 10.3. The third-order valence-corrected chi connectivity index (χ3v) is 4.42. The van der Waals surface area contributed by atoms with E-state index in [1.54, 1.807) is 18.4 Å². The fraction of sp³-hybridized carbons (Fsp3) is 0. The maximum absolute atomic E-state index is 9.30. The molecule has 0 saturated carbocycles. The van der Waals surface area contributed by atoms with Gasteiger partial charge in [0.15, 0.2) is 0 Å². The van der Waals surface area contributed by atoms with Crippen molar-refractivity contribution in [2.75, 3.05) is 0 Å². The third-order valence-electron chi connectivity index (χ3n) is 2.82. The zero-order valence-corrected chi connectivity index (χ0v) is 13.8. The van der Waals surface area contributed by atoms with E-state index in [0.717, 1.165) is 11.3 Å². The number of allylic oxidation sites excluding steroid dienone is 1. The number of benzene rings is 1. The Morgan fingerprint density at radius 1 is 1.29 bits per heavy atom. The molecule has 0 bridgehead atoms. The van der Waals surface area contributed by atoms with Gasteiger partial charge in [0.05, 0.1) is 17.5 Å². The highest BCUT2D eigenvalue weighted by Gasteiger charge is 2.09. The van der Waals surface area contributed by atoms with Crippen molar-refractivity contribution in [3.05, 3.63) is 62.4 Å². The van der Waals surface area contributed by atoms with Crippen LogP contribution in [0.2, 0.25) is 0 Å². The molecule has 1 aromatic carbocycles. The Morgan fingerprint density at radius 3 is 2.76 bits per heavy atom. The number of nitrogens with zero attached hydrogens (tertiary/aromatic N) is 2. The van der Waals surface area contributed by atoms with Crippen LogP contribution in [0.3, 0.4) is 0 Å². The molecular formula is C16H9IN2OS. The molecule has 3 rings (SSSR count). The van der Waals surface area contributed by atoms with Gasteiger partial charge < -0.3 is 4.42 Å². The van der Waals surface area contributed by atoms with E-state index in [2.05, 4.69) is 33.6 Å². The van der Waals surface area contributed by atoms with Gasteiger partial charge in [-0.05, 0) is 46.9 Å². The van der Waals surface area contributed by atoms with Crippen molar-refractivity contribution in [3.8, 4) is 17.3 Å². The zero-order chi connectivity index (χ0) is 14.7. The molecule has 0 atom stereocenters. The van der Waals surface area contributed by atoms with Gasteiger partial charge in [0.1, 0.15) is 16.8 Å². The summed E-state index contributed by atoms with van der Waals surface area (Å²) in [5, 5.41) is 12.0. The molecule has 0 aliphatic rings. The molecule has 0 fully saturated rings. The number of thiazole rings is 1. The fourth-order valence-electron chi connectivity index (χ4n) is 1.81. The Balaban J connectivity index is 1.94. The molecule has 0 N–H and O–H groups in total. The van der Waals surface area contributed by atoms with Crippen LogP contribution in [0.15, 0.2) is 52.5 Å². The molecule has 0 unspecified atom stereocenters. The normalized spacial score (nSPS) is 11.3. The number of nitriles is 1. The number of hydrogen-bond donors (Lipinski definition) is 0. The van der Waals surface area contributed by atoms with Gasteiger partial charge in [-0.3, -0.25) is 0 Å². The molecule has 0 aliphatic carbocycles. The standard InChI is InChI=1S/C16H9IN2OS/c17-13-5-3-11(4-6-13)15-10-21-16(19-15)12(9-18)8-14-2-1-7-20-14/h1-8,10H/b12-8+. The van der Waals surface area contributed by atoms with Crippen molar-refractivity contribution in [3.63, 3.8) is 0 Å². The lowest BCUT2D eigenvalue weighted by Gasteiger charge is -1.96. The highest BCUT2D eigenvalue weighted by Crippen LogP contribution is 2.27. The Labute approximate surface area is 139 Å². The molecule has 0 radical (unpaired) electrons. The molecule has 2 aromatic heterocycles. The van der Waals surface area contributed by atoms with Gasteiger partial charge in [0.25, 0.3) is 0 Å². The molecule has 5 heteroatoms. The Hall–Kier alpha value is -1.91. The van der Waals surface area contributed by atoms with Gasteiger partial charge in [0, 0.05) is 20.6 Å². The first-order valence-electron chi connectivity index (χ1n) is 6.13. The summed E-state index contributed by atoms with van der Waals surface area (Å²) in [4.78, 5) is 4.55. The van der Waals surface area contributed by atoms with Crippen LogP contribution in [-0.4, -0.2) is 4.98 Å². The lowest BCUT2D eigenvalue weighted by Crippen LogP contribution is -1.82. The van der Waals surface area contributed by atoms with Gasteiger partial charge in [-0.25, -0.2) is 4.98 Å². The molecule has 21 heavy (non-hydrogen) atoms. The Bertz CT molecular complexity index is 811. The minimum Gasteiger partial charge on any atom is -0.465 e. The number of furan rings is 1. The lowest BCUT2D eigenvalue weighted by atomic mass is 10.2. The van der Waals surface area contributed by atoms with Gasteiger partial charge in [0.2, 0.25) is 0 Å². The van der Waals surface area contributed by atoms with Crippen molar-refractivity contribution < 1.29 is 4.42 Å². The highest BCUT2D eigenvalue weighted by molar-refractivity contribution is 14.1. The molecule has 0 aliphatic heterocycles. The van der Waals surface area contributed by atoms with Crippen molar-refractivity contribution in [1.82, 2.24) is 4.98 Å². The number of rotatable bonds is 3. The predicted octanol–water partition coefficient (Wildman–Crippen LogP) is 5.07. The highest BCUT2D eigenvalue weighted by atomic mass is 127. The fourth-order valence-corrected chi connectivity index (χ4v) is 2.96. The van der Waals surface area contributed by atoms with Crippen molar-refractivity contribution in [2.24, 2.45) is 0 Å². The molecular weight excluding hydrogens is 395 g/mol. The van der Waals surface area contributed by atoms with Crippen molar-refractivity contribution in [2.45, 2.75) is 0 Å². The summed E-state index contributed by atoms with van der Waals surface area (Å²) in [6.07, 6.45) is 3.29. The van der Waals surface area contributed by atoms with Crippen LogP contribution in [0, 0.1) is 14.9 Å². The topological polar surface area (TPSA) is 49.8 Å². The van der Waals surface area contributed by atoms with E-state index in [0.29, 0.717) is 16.3 Å². The minimum absolute atomic E-state index is 0.506. The predicted molar refractivity (Wildman–Crippen MR) is 92.5 cm³/mol. The second-order valence-corrected chi connectivity index (χ2v) is 6.33. The van der Waals surface area contributed by atoms with E-state index in [9.17, 15) is 5.26 Å². The van der Waals surface area contributed by atoms with Gasteiger partial charge in [-0.15, -0.1) is 11.3 Å². The summed E-state index contributed by atoms with van der Waals surface area (Å²) in [7, 11) is 0. The molecule has 2 heterocycles. The SMILES string of the molecule is N#C/C(=C\c1ccco1)c1nc(-c2ccc(I)cc2)cs1. The van der Waals surface area contributed by atoms with Gasteiger partial charge in [-0.1, -0.05) is 12.1 Å². The molecule has 0 saturated heterocycles. The van der Waals surface area contributed by atoms with Crippen LogP contribution in [0.1, 0.15) is 10.8 Å². The minimum atomic E-state index is 0.506. The summed E-state index contributed by atoms with van der Waals surface area (Å²) in [6.45, 7) is 0. The number of halogens is 1. The average Bonchev–Trinajstić information content (AvgIpc) is 3.17. The van der Waals surface area contributed by atoms with Gasteiger partial charge in [-0.2, -0.15) is 5.26 Å². The number of hydrogen-bond acceptors (Lipinski definition) is 4. The van der Waals surface area contributed by atoms with Crippen molar-refractivity contribution in [1.29, 1.82) is 5.26 Å².